The Hall–Kier alpha value is -3.56. The highest BCUT2D eigenvalue weighted by atomic mass is 15.4. The Morgan fingerprint density at radius 1 is 1.04 bits per heavy atom. The number of nitrogens with one attached hydrogen (secondary N) is 1. The van der Waals surface area contributed by atoms with Crippen LogP contribution in [0.4, 0.5) is 11.4 Å². The molecule has 0 radical (unpaired) electrons. The van der Waals surface area contributed by atoms with E-state index in [0.717, 1.165) is 5.56 Å². The van der Waals surface area contributed by atoms with Crippen LogP contribution in [0, 0.1) is 19.3 Å². The molecule has 0 fully saturated rings. The van der Waals surface area contributed by atoms with Crippen LogP contribution in [-0.4, -0.2) is 27.4 Å². The van der Waals surface area contributed by atoms with Crippen molar-refractivity contribution in [3.8, 4) is 0 Å². The average Bonchev–Trinajstić information content (AvgIpc) is 2.86. The molecule has 0 aliphatic heterocycles. The van der Waals surface area contributed by atoms with Gasteiger partial charge in [-0.15, -0.1) is 10.2 Å². The summed E-state index contributed by atoms with van der Waals surface area (Å²) < 4.78 is 1.32. The summed E-state index contributed by atoms with van der Waals surface area (Å²) in [5.41, 5.74) is 20.0. The van der Waals surface area contributed by atoms with E-state index in [4.69, 9.17) is 22.6 Å². The molecule has 25 heavy (non-hydrogen) atoms. The Labute approximate surface area is 144 Å². The van der Waals surface area contributed by atoms with E-state index in [1.165, 1.54) is 4.68 Å². The molecule has 0 atom stereocenters. The van der Waals surface area contributed by atoms with Gasteiger partial charge in [0.1, 0.15) is 5.69 Å². The molecule has 0 unspecified atom stereocenters. The normalized spacial score (nSPS) is 11.7. The van der Waals surface area contributed by atoms with Crippen LogP contribution in [0.2, 0.25) is 0 Å². The Morgan fingerprint density at radius 3 is 2.20 bits per heavy atom. The van der Waals surface area contributed by atoms with Gasteiger partial charge in [-0.2, -0.15) is 15.3 Å². The maximum atomic E-state index is 7.48. The van der Waals surface area contributed by atoms with Crippen molar-refractivity contribution < 1.29 is 0 Å². The van der Waals surface area contributed by atoms with E-state index in [0.29, 0.717) is 28.5 Å². The first kappa shape index (κ1) is 17.8. The molecule has 0 spiro atoms. The number of guanidine groups is 1. The molecular formula is C15H20N10. The Bertz CT molecular complexity index is 866. The SMILES string of the molecule is C/C(=N\N=C(N)N)c1ccc(N=Nc2c(C)nn(C(=N)N)c2C)cc1. The third kappa shape index (κ3) is 4.25. The summed E-state index contributed by atoms with van der Waals surface area (Å²) in [5.74, 6) is -0.261. The number of aryl methyl sites for hydroxylation is 1. The van der Waals surface area contributed by atoms with Crippen LogP contribution in [0.15, 0.2) is 44.7 Å². The summed E-state index contributed by atoms with van der Waals surface area (Å²) in [6.45, 7) is 5.36. The molecule has 7 N–H and O–H groups in total. The summed E-state index contributed by atoms with van der Waals surface area (Å²) in [5, 5.41) is 27.6. The smallest absolute Gasteiger partial charge is 0.213 e. The van der Waals surface area contributed by atoms with Crippen LogP contribution < -0.4 is 17.2 Å². The fourth-order valence-corrected chi connectivity index (χ4v) is 2.08. The van der Waals surface area contributed by atoms with Gasteiger partial charge < -0.3 is 17.2 Å². The molecule has 0 bridgehead atoms. The van der Waals surface area contributed by atoms with Gasteiger partial charge >= 0.3 is 0 Å². The van der Waals surface area contributed by atoms with E-state index < -0.39 is 0 Å². The van der Waals surface area contributed by atoms with E-state index in [-0.39, 0.29) is 11.9 Å². The van der Waals surface area contributed by atoms with Crippen LogP contribution in [0.1, 0.15) is 23.9 Å². The van der Waals surface area contributed by atoms with Gasteiger partial charge in [0.2, 0.25) is 11.9 Å². The zero-order valence-electron chi connectivity index (χ0n) is 14.2. The molecule has 1 aromatic carbocycles. The number of benzene rings is 1. The second-order valence-electron chi connectivity index (χ2n) is 5.27. The summed E-state index contributed by atoms with van der Waals surface area (Å²) in [6.07, 6.45) is 0. The van der Waals surface area contributed by atoms with Gasteiger partial charge in [-0.05, 0) is 38.5 Å². The molecule has 1 aromatic heterocycles. The molecule has 0 saturated carbocycles. The van der Waals surface area contributed by atoms with Crippen LogP contribution in [0.3, 0.4) is 0 Å². The minimum Gasteiger partial charge on any atom is -0.369 e. The Kier molecular flexibility index (Phi) is 5.22. The predicted molar refractivity (Wildman–Crippen MR) is 97.7 cm³/mol. The number of hydrogen-bond acceptors (Lipinski definition) is 6. The zero-order valence-corrected chi connectivity index (χ0v) is 14.2. The van der Waals surface area contributed by atoms with E-state index in [1.54, 1.807) is 32.9 Å². The first-order valence-corrected chi connectivity index (χ1v) is 7.35. The number of rotatable bonds is 4. The lowest BCUT2D eigenvalue weighted by molar-refractivity contribution is 0.863. The number of nitrogens with two attached hydrogens (primary N) is 3. The van der Waals surface area contributed by atoms with Gasteiger partial charge in [0.25, 0.3) is 0 Å². The van der Waals surface area contributed by atoms with Gasteiger partial charge in [0.15, 0.2) is 0 Å². The van der Waals surface area contributed by atoms with Crippen molar-refractivity contribution in [2.75, 3.05) is 0 Å². The number of nitrogens with zero attached hydrogens (tertiary/aromatic N) is 6. The third-order valence-electron chi connectivity index (χ3n) is 3.35. The molecule has 0 amide bonds. The first-order valence-electron chi connectivity index (χ1n) is 7.35. The third-order valence-corrected chi connectivity index (χ3v) is 3.35. The molecule has 2 rings (SSSR count). The molecule has 1 heterocycles. The standard InChI is InChI=1S/C15H20N10/c1-8(20-23-14(16)17)11-4-6-12(7-5-11)21-22-13-9(2)24-25(10(13)3)15(18)19/h4-7H,1-3H3,(H3,18,19)(H4,16,17,23)/b20-8+,22-21?. The quantitative estimate of drug-likeness (QED) is 0.287. The van der Waals surface area contributed by atoms with E-state index in [1.807, 2.05) is 12.1 Å². The largest absolute Gasteiger partial charge is 0.369 e. The van der Waals surface area contributed by atoms with Crippen molar-refractivity contribution in [1.29, 1.82) is 5.41 Å². The Morgan fingerprint density at radius 2 is 1.68 bits per heavy atom. The molecular weight excluding hydrogens is 320 g/mol. The van der Waals surface area contributed by atoms with Crippen molar-refractivity contribution in [3.05, 3.63) is 41.2 Å². The van der Waals surface area contributed by atoms with Gasteiger partial charge in [-0.3, -0.25) is 5.41 Å². The average molecular weight is 340 g/mol. The number of aromatic nitrogens is 2. The van der Waals surface area contributed by atoms with E-state index in [2.05, 4.69) is 25.5 Å². The van der Waals surface area contributed by atoms with Crippen LogP contribution >= 0.6 is 0 Å². The topological polar surface area (TPSA) is 169 Å². The van der Waals surface area contributed by atoms with Crippen molar-refractivity contribution in [2.24, 2.45) is 37.6 Å². The first-order chi connectivity index (χ1) is 11.8. The van der Waals surface area contributed by atoms with E-state index >= 15 is 0 Å². The number of nitrogen functional groups attached to an aromatic ring is 1. The highest BCUT2D eigenvalue weighted by Crippen LogP contribution is 2.25. The number of azo groups is 1. The fourth-order valence-electron chi connectivity index (χ4n) is 2.08. The summed E-state index contributed by atoms with van der Waals surface area (Å²) in [6, 6.07) is 7.28. The van der Waals surface area contributed by atoms with Crippen molar-refractivity contribution in [3.63, 3.8) is 0 Å². The Balaban J connectivity index is 2.22. The second-order valence-corrected chi connectivity index (χ2v) is 5.27. The maximum Gasteiger partial charge on any atom is 0.213 e. The van der Waals surface area contributed by atoms with Gasteiger partial charge in [-0.1, -0.05) is 12.1 Å². The molecule has 130 valence electrons. The van der Waals surface area contributed by atoms with Gasteiger partial charge in [0, 0.05) is 0 Å². The highest BCUT2D eigenvalue weighted by molar-refractivity contribution is 5.99. The van der Waals surface area contributed by atoms with Crippen molar-refractivity contribution in [1.82, 2.24) is 9.78 Å². The molecule has 0 aliphatic rings. The minimum atomic E-state index is -0.165. The lowest BCUT2D eigenvalue weighted by Crippen LogP contribution is -2.22. The zero-order chi connectivity index (χ0) is 18.6. The lowest BCUT2D eigenvalue weighted by Gasteiger charge is -2.00. The summed E-state index contributed by atoms with van der Waals surface area (Å²) in [7, 11) is 0. The summed E-state index contributed by atoms with van der Waals surface area (Å²) in [4.78, 5) is 0. The van der Waals surface area contributed by atoms with Crippen LogP contribution in [0.25, 0.3) is 0 Å². The van der Waals surface area contributed by atoms with Gasteiger partial charge in [-0.25, -0.2) is 4.68 Å². The molecule has 10 nitrogen and oxygen atoms in total. The van der Waals surface area contributed by atoms with Crippen LogP contribution in [0.5, 0.6) is 0 Å². The number of hydrogen-bond donors (Lipinski definition) is 4. The summed E-state index contributed by atoms with van der Waals surface area (Å²) >= 11 is 0. The van der Waals surface area contributed by atoms with Gasteiger partial charge in [0.05, 0.1) is 22.8 Å². The van der Waals surface area contributed by atoms with Crippen molar-refractivity contribution >= 4 is 29.0 Å². The predicted octanol–water partition coefficient (Wildman–Crippen LogP) is 1.65. The second kappa shape index (κ2) is 7.34. The highest BCUT2D eigenvalue weighted by Gasteiger charge is 2.12. The lowest BCUT2D eigenvalue weighted by atomic mass is 10.1. The maximum absolute atomic E-state index is 7.48. The molecule has 0 saturated heterocycles. The molecule has 0 aliphatic carbocycles. The van der Waals surface area contributed by atoms with E-state index in [9.17, 15) is 0 Å². The van der Waals surface area contributed by atoms with Crippen LogP contribution in [-0.2, 0) is 0 Å². The van der Waals surface area contributed by atoms with Crippen molar-refractivity contribution in [2.45, 2.75) is 20.8 Å². The monoisotopic (exact) mass is 340 g/mol. The minimum absolute atomic E-state index is 0.0957. The molecule has 10 heteroatoms. The fraction of sp³-hybridized carbons (Fsp3) is 0.200. The molecule has 2 aromatic rings.